The SMILES string of the molecule is C1=CC(C2=Cc3ccccc3C2)C=C1. The fourth-order valence-electron chi connectivity index (χ4n) is 2.20. The summed E-state index contributed by atoms with van der Waals surface area (Å²) in [6.07, 6.45) is 12.2. The Bertz CT molecular complexity index is 435. The summed E-state index contributed by atoms with van der Waals surface area (Å²) in [5, 5.41) is 0. The van der Waals surface area contributed by atoms with Crippen LogP contribution in [-0.4, -0.2) is 0 Å². The largest absolute Gasteiger partial charge is 0.0736 e. The third kappa shape index (κ3) is 1.15. The topological polar surface area (TPSA) is 0 Å². The number of rotatable bonds is 1. The van der Waals surface area contributed by atoms with Crippen molar-refractivity contribution in [3.8, 4) is 0 Å². The first kappa shape index (κ1) is 7.81. The molecule has 2 aliphatic carbocycles. The van der Waals surface area contributed by atoms with Gasteiger partial charge in [-0.25, -0.2) is 0 Å². The van der Waals surface area contributed by atoms with E-state index in [2.05, 4.69) is 54.6 Å². The molecular weight excluding hydrogens is 168 g/mol. The van der Waals surface area contributed by atoms with Gasteiger partial charge in [0.05, 0.1) is 0 Å². The molecular formula is C14H12. The molecule has 0 saturated heterocycles. The molecule has 0 aliphatic heterocycles. The zero-order chi connectivity index (χ0) is 9.38. The smallest absolute Gasteiger partial charge is 0.0170 e. The van der Waals surface area contributed by atoms with Crippen LogP contribution in [0.3, 0.4) is 0 Å². The maximum Gasteiger partial charge on any atom is 0.0170 e. The number of benzene rings is 1. The second-order valence-corrected chi connectivity index (χ2v) is 3.89. The van der Waals surface area contributed by atoms with E-state index < -0.39 is 0 Å². The van der Waals surface area contributed by atoms with Crippen molar-refractivity contribution in [2.45, 2.75) is 6.42 Å². The van der Waals surface area contributed by atoms with Crippen molar-refractivity contribution >= 4 is 6.08 Å². The van der Waals surface area contributed by atoms with Crippen LogP contribution < -0.4 is 0 Å². The molecule has 0 atom stereocenters. The van der Waals surface area contributed by atoms with Crippen LogP contribution in [0.1, 0.15) is 11.1 Å². The van der Waals surface area contributed by atoms with Gasteiger partial charge in [-0.2, -0.15) is 0 Å². The minimum atomic E-state index is 0.544. The first-order valence-electron chi connectivity index (χ1n) is 5.07. The Morgan fingerprint density at radius 1 is 1.00 bits per heavy atom. The second-order valence-electron chi connectivity index (χ2n) is 3.89. The summed E-state index contributed by atoms with van der Waals surface area (Å²) in [5.74, 6) is 0.544. The summed E-state index contributed by atoms with van der Waals surface area (Å²) in [4.78, 5) is 0. The minimum absolute atomic E-state index is 0.544. The number of hydrogen-bond donors (Lipinski definition) is 0. The summed E-state index contributed by atoms with van der Waals surface area (Å²) < 4.78 is 0. The molecule has 0 amide bonds. The van der Waals surface area contributed by atoms with E-state index in [0.29, 0.717) is 5.92 Å². The molecule has 2 aliphatic rings. The molecule has 0 radical (unpaired) electrons. The zero-order valence-electron chi connectivity index (χ0n) is 7.98. The first-order valence-corrected chi connectivity index (χ1v) is 5.07. The summed E-state index contributed by atoms with van der Waals surface area (Å²) >= 11 is 0. The van der Waals surface area contributed by atoms with Crippen molar-refractivity contribution in [3.63, 3.8) is 0 Å². The molecule has 1 aromatic rings. The molecule has 0 N–H and O–H groups in total. The van der Waals surface area contributed by atoms with E-state index in [-0.39, 0.29) is 0 Å². The summed E-state index contributed by atoms with van der Waals surface area (Å²) in [5.41, 5.74) is 4.39. The predicted octanol–water partition coefficient (Wildman–Crippen LogP) is 3.37. The molecule has 0 saturated carbocycles. The Labute approximate surface area is 84.3 Å². The van der Waals surface area contributed by atoms with E-state index >= 15 is 0 Å². The van der Waals surface area contributed by atoms with Gasteiger partial charge < -0.3 is 0 Å². The summed E-state index contributed by atoms with van der Waals surface area (Å²) in [6, 6.07) is 8.65. The van der Waals surface area contributed by atoms with E-state index in [1.807, 2.05) is 0 Å². The Morgan fingerprint density at radius 2 is 1.79 bits per heavy atom. The average molecular weight is 180 g/mol. The van der Waals surface area contributed by atoms with Gasteiger partial charge in [0.1, 0.15) is 0 Å². The Balaban J connectivity index is 1.95. The molecule has 68 valence electrons. The van der Waals surface area contributed by atoms with Crippen molar-refractivity contribution in [1.29, 1.82) is 0 Å². The molecule has 0 heteroatoms. The lowest BCUT2D eigenvalue weighted by Crippen LogP contribution is -1.94. The van der Waals surface area contributed by atoms with Crippen LogP contribution in [0.5, 0.6) is 0 Å². The quantitative estimate of drug-likeness (QED) is 0.621. The first-order chi connectivity index (χ1) is 6.93. The van der Waals surface area contributed by atoms with Gasteiger partial charge in [-0.1, -0.05) is 60.2 Å². The Morgan fingerprint density at radius 3 is 2.57 bits per heavy atom. The Hall–Kier alpha value is -1.56. The van der Waals surface area contributed by atoms with Gasteiger partial charge >= 0.3 is 0 Å². The molecule has 0 aromatic heterocycles. The molecule has 0 heterocycles. The van der Waals surface area contributed by atoms with Crippen molar-refractivity contribution in [1.82, 2.24) is 0 Å². The monoisotopic (exact) mass is 180 g/mol. The number of fused-ring (bicyclic) bond motifs is 1. The van der Waals surface area contributed by atoms with Gasteiger partial charge in [0, 0.05) is 5.92 Å². The van der Waals surface area contributed by atoms with Crippen molar-refractivity contribution in [3.05, 3.63) is 65.3 Å². The maximum atomic E-state index is 2.33. The van der Waals surface area contributed by atoms with Gasteiger partial charge in [-0.15, -0.1) is 0 Å². The second kappa shape index (κ2) is 2.98. The van der Waals surface area contributed by atoms with Crippen LogP contribution in [0.4, 0.5) is 0 Å². The third-order valence-corrected chi connectivity index (χ3v) is 2.97. The predicted molar refractivity (Wildman–Crippen MR) is 59.9 cm³/mol. The van der Waals surface area contributed by atoms with Crippen LogP contribution in [0.25, 0.3) is 6.08 Å². The van der Waals surface area contributed by atoms with E-state index in [4.69, 9.17) is 0 Å². The van der Waals surface area contributed by atoms with Crippen LogP contribution in [0.2, 0.25) is 0 Å². The maximum absolute atomic E-state index is 2.33. The normalized spacial score (nSPS) is 18.7. The van der Waals surface area contributed by atoms with Gasteiger partial charge in [0.25, 0.3) is 0 Å². The fourth-order valence-corrected chi connectivity index (χ4v) is 2.20. The van der Waals surface area contributed by atoms with E-state index in [0.717, 1.165) is 6.42 Å². The van der Waals surface area contributed by atoms with Crippen molar-refractivity contribution in [2.24, 2.45) is 5.92 Å². The zero-order valence-corrected chi connectivity index (χ0v) is 7.98. The lowest BCUT2D eigenvalue weighted by atomic mass is 9.99. The summed E-state index contributed by atoms with van der Waals surface area (Å²) in [6.45, 7) is 0. The van der Waals surface area contributed by atoms with Gasteiger partial charge in [0.2, 0.25) is 0 Å². The Kier molecular flexibility index (Phi) is 1.66. The van der Waals surface area contributed by atoms with Crippen LogP contribution in [0, 0.1) is 5.92 Å². The fraction of sp³-hybridized carbons (Fsp3) is 0.143. The molecule has 0 spiro atoms. The van der Waals surface area contributed by atoms with Crippen molar-refractivity contribution in [2.75, 3.05) is 0 Å². The molecule has 3 rings (SSSR count). The van der Waals surface area contributed by atoms with Gasteiger partial charge in [-0.3, -0.25) is 0 Å². The van der Waals surface area contributed by atoms with Gasteiger partial charge in [-0.05, 0) is 17.5 Å². The average Bonchev–Trinajstić information content (AvgIpc) is 2.86. The third-order valence-electron chi connectivity index (χ3n) is 2.97. The highest BCUT2D eigenvalue weighted by molar-refractivity contribution is 5.65. The minimum Gasteiger partial charge on any atom is -0.0736 e. The molecule has 0 fully saturated rings. The van der Waals surface area contributed by atoms with Crippen LogP contribution in [0.15, 0.2) is 54.1 Å². The molecule has 1 aromatic carbocycles. The molecule has 0 bridgehead atoms. The van der Waals surface area contributed by atoms with Crippen molar-refractivity contribution < 1.29 is 0 Å². The number of allylic oxidation sites excluding steroid dienone is 5. The molecule has 0 nitrogen and oxygen atoms in total. The number of hydrogen-bond acceptors (Lipinski definition) is 0. The molecule has 14 heavy (non-hydrogen) atoms. The van der Waals surface area contributed by atoms with E-state index in [9.17, 15) is 0 Å². The molecule has 0 unspecified atom stereocenters. The highest BCUT2D eigenvalue weighted by Crippen LogP contribution is 2.31. The highest BCUT2D eigenvalue weighted by atomic mass is 14.2. The van der Waals surface area contributed by atoms with Crippen LogP contribution in [-0.2, 0) is 6.42 Å². The van der Waals surface area contributed by atoms with E-state index in [1.165, 1.54) is 16.7 Å². The lowest BCUT2D eigenvalue weighted by molar-refractivity contribution is 0.944. The summed E-state index contributed by atoms with van der Waals surface area (Å²) in [7, 11) is 0. The van der Waals surface area contributed by atoms with Crippen LogP contribution >= 0.6 is 0 Å². The standard InChI is InChI=1S/C14H12/c1-2-6-11(5-1)14-9-12-7-3-4-8-13(12)10-14/h1-9,11H,10H2. The van der Waals surface area contributed by atoms with E-state index in [1.54, 1.807) is 0 Å². The highest BCUT2D eigenvalue weighted by Gasteiger charge is 2.17. The lowest BCUT2D eigenvalue weighted by Gasteiger charge is -2.05. The van der Waals surface area contributed by atoms with Gasteiger partial charge in [0.15, 0.2) is 0 Å².